The minimum Gasteiger partial charge on any atom is -0.494 e. The Balaban J connectivity index is 1.67. The molecule has 1 aliphatic rings. The van der Waals surface area contributed by atoms with E-state index in [9.17, 15) is 4.79 Å². The largest absolute Gasteiger partial charge is 0.494 e. The first-order chi connectivity index (χ1) is 11.1. The number of carbonyl (C=O) groups is 1. The van der Waals surface area contributed by atoms with Crippen LogP contribution in [0.2, 0.25) is 0 Å². The third kappa shape index (κ3) is 6.93. The highest BCUT2D eigenvalue weighted by Crippen LogP contribution is 2.18. The molecule has 4 nitrogen and oxygen atoms in total. The molecule has 0 unspecified atom stereocenters. The summed E-state index contributed by atoms with van der Waals surface area (Å²) in [5.74, 6) is 1.61. The highest BCUT2D eigenvalue weighted by Gasteiger charge is 2.15. The van der Waals surface area contributed by atoms with E-state index < -0.39 is 0 Å². The molecule has 0 saturated heterocycles. The van der Waals surface area contributed by atoms with Crippen LogP contribution in [0, 0.1) is 5.92 Å². The molecule has 4 heteroatoms. The van der Waals surface area contributed by atoms with E-state index in [4.69, 9.17) is 4.74 Å². The third-order valence-electron chi connectivity index (χ3n) is 4.24. The van der Waals surface area contributed by atoms with Crippen molar-refractivity contribution in [3.05, 3.63) is 24.3 Å². The number of nitrogens with one attached hydrogen (secondary N) is 2. The Kier molecular flexibility index (Phi) is 7.24. The Hall–Kier alpha value is -1.71. The fourth-order valence-corrected chi connectivity index (χ4v) is 2.79. The van der Waals surface area contributed by atoms with E-state index in [-0.39, 0.29) is 5.91 Å². The zero-order valence-corrected chi connectivity index (χ0v) is 14.4. The molecule has 1 aromatic carbocycles. The summed E-state index contributed by atoms with van der Waals surface area (Å²) in [6.45, 7) is 5.45. The Morgan fingerprint density at radius 3 is 2.52 bits per heavy atom. The molecule has 1 amide bonds. The lowest BCUT2D eigenvalue weighted by molar-refractivity contribution is -0.120. The highest BCUT2D eigenvalue weighted by molar-refractivity contribution is 5.81. The fourth-order valence-electron chi connectivity index (χ4n) is 2.79. The second-order valence-corrected chi connectivity index (χ2v) is 6.81. The minimum absolute atomic E-state index is 0.0779. The Bertz CT molecular complexity index is 465. The van der Waals surface area contributed by atoms with Crippen LogP contribution in [0.15, 0.2) is 24.3 Å². The van der Waals surface area contributed by atoms with Crippen LogP contribution in [0.4, 0.5) is 5.69 Å². The van der Waals surface area contributed by atoms with Crippen LogP contribution >= 0.6 is 0 Å². The smallest absolute Gasteiger partial charge is 0.239 e. The average molecular weight is 318 g/mol. The molecule has 2 N–H and O–H groups in total. The molecular weight excluding hydrogens is 288 g/mol. The first-order valence-corrected chi connectivity index (χ1v) is 8.89. The molecule has 1 saturated carbocycles. The Morgan fingerprint density at radius 1 is 1.17 bits per heavy atom. The van der Waals surface area contributed by atoms with Crippen LogP contribution in [0.5, 0.6) is 5.75 Å². The molecule has 0 radical (unpaired) electrons. The van der Waals surface area contributed by atoms with Gasteiger partial charge in [0.25, 0.3) is 0 Å². The van der Waals surface area contributed by atoms with Gasteiger partial charge in [-0.05, 0) is 49.4 Å². The molecule has 1 aromatic rings. The number of ether oxygens (including phenoxy) is 1. The van der Waals surface area contributed by atoms with Crippen molar-refractivity contribution in [2.75, 3.05) is 18.5 Å². The van der Waals surface area contributed by atoms with E-state index in [2.05, 4.69) is 24.5 Å². The van der Waals surface area contributed by atoms with Gasteiger partial charge in [-0.2, -0.15) is 0 Å². The zero-order chi connectivity index (χ0) is 16.5. The summed E-state index contributed by atoms with van der Waals surface area (Å²) in [5.41, 5.74) is 0.944. The molecule has 128 valence electrons. The van der Waals surface area contributed by atoms with Crippen LogP contribution in [0.25, 0.3) is 0 Å². The average Bonchev–Trinajstić information content (AvgIpc) is 2.55. The summed E-state index contributed by atoms with van der Waals surface area (Å²) in [5, 5.41) is 6.28. The normalized spacial score (nSPS) is 15.4. The quantitative estimate of drug-likeness (QED) is 0.762. The van der Waals surface area contributed by atoms with Gasteiger partial charge in [0.2, 0.25) is 5.91 Å². The molecule has 1 fully saturated rings. The SMILES string of the molecule is CC(C)CCOc1ccc(NCC(=O)NC2CCCCC2)cc1. The van der Waals surface area contributed by atoms with Crippen molar-refractivity contribution in [1.29, 1.82) is 0 Å². The standard InChI is InChI=1S/C19H30N2O2/c1-15(2)12-13-23-18-10-8-16(9-11-18)20-14-19(22)21-17-6-4-3-5-7-17/h8-11,15,17,20H,3-7,12-14H2,1-2H3,(H,21,22). The van der Waals surface area contributed by atoms with Crippen molar-refractivity contribution in [2.24, 2.45) is 5.92 Å². The van der Waals surface area contributed by atoms with Crippen molar-refractivity contribution in [2.45, 2.75) is 58.4 Å². The number of hydrogen-bond donors (Lipinski definition) is 2. The van der Waals surface area contributed by atoms with Gasteiger partial charge in [0.15, 0.2) is 0 Å². The maximum Gasteiger partial charge on any atom is 0.239 e. The first kappa shape index (κ1) is 17.6. The van der Waals surface area contributed by atoms with Gasteiger partial charge < -0.3 is 15.4 Å². The van der Waals surface area contributed by atoms with Gasteiger partial charge in [-0.25, -0.2) is 0 Å². The summed E-state index contributed by atoms with van der Waals surface area (Å²) >= 11 is 0. The second-order valence-electron chi connectivity index (χ2n) is 6.81. The number of benzene rings is 1. The predicted molar refractivity (Wildman–Crippen MR) is 94.9 cm³/mol. The van der Waals surface area contributed by atoms with Gasteiger partial charge in [0.1, 0.15) is 5.75 Å². The molecule has 0 atom stereocenters. The minimum atomic E-state index is 0.0779. The maximum atomic E-state index is 12.0. The molecule has 0 aliphatic heterocycles. The summed E-state index contributed by atoms with van der Waals surface area (Å²) in [4.78, 5) is 12.0. The molecule has 2 rings (SSSR count). The monoisotopic (exact) mass is 318 g/mol. The molecule has 0 aromatic heterocycles. The van der Waals surface area contributed by atoms with Crippen LogP contribution in [0.3, 0.4) is 0 Å². The van der Waals surface area contributed by atoms with Crippen LogP contribution in [-0.2, 0) is 4.79 Å². The highest BCUT2D eigenvalue weighted by atomic mass is 16.5. The lowest BCUT2D eigenvalue weighted by Gasteiger charge is -2.22. The topological polar surface area (TPSA) is 50.4 Å². The van der Waals surface area contributed by atoms with E-state index in [1.165, 1.54) is 19.3 Å². The summed E-state index contributed by atoms with van der Waals surface area (Å²) < 4.78 is 5.69. The van der Waals surface area contributed by atoms with Gasteiger partial charge in [-0.15, -0.1) is 0 Å². The van der Waals surface area contributed by atoms with Gasteiger partial charge in [0.05, 0.1) is 13.2 Å². The lowest BCUT2D eigenvalue weighted by Crippen LogP contribution is -2.39. The molecule has 0 bridgehead atoms. The van der Waals surface area contributed by atoms with E-state index in [1.807, 2.05) is 24.3 Å². The van der Waals surface area contributed by atoms with E-state index in [0.717, 1.165) is 37.3 Å². The van der Waals surface area contributed by atoms with Gasteiger partial charge in [-0.3, -0.25) is 4.79 Å². The van der Waals surface area contributed by atoms with E-state index in [0.29, 0.717) is 18.5 Å². The van der Waals surface area contributed by atoms with Crippen molar-refractivity contribution >= 4 is 11.6 Å². The molecular formula is C19H30N2O2. The lowest BCUT2D eigenvalue weighted by atomic mass is 9.95. The fraction of sp³-hybridized carbons (Fsp3) is 0.632. The predicted octanol–water partition coefficient (Wildman–Crippen LogP) is 3.97. The number of carbonyl (C=O) groups excluding carboxylic acids is 1. The summed E-state index contributed by atoms with van der Waals surface area (Å²) in [6, 6.07) is 8.18. The zero-order valence-electron chi connectivity index (χ0n) is 14.4. The van der Waals surface area contributed by atoms with Crippen LogP contribution in [-0.4, -0.2) is 25.1 Å². The van der Waals surface area contributed by atoms with Crippen molar-refractivity contribution in [1.82, 2.24) is 5.32 Å². The van der Waals surface area contributed by atoms with Crippen molar-refractivity contribution in [3.63, 3.8) is 0 Å². The van der Waals surface area contributed by atoms with Gasteiger partial charge in [0, 0.05) is 11.7 Å². The number of anilines is 1. The van der Waals surface area contributed by atoms with E-state index >= 15 is 0 Å². The van der Waals surface area contributed by atoms with Crippen molar-refractivity contribution in [3.8, 4) is 5.75 Å². The van der Waals surface area contributed by atoms with E-state index in [1.54, 1.807) is 0 Å². The third-order valence-corrected chi connectivity index (χ3v) is 4.24. The van der Waals surface area contributed by atoms with Crippen molar-refractivity contribution < 1.29 is 9.53 Å². The Morgan fingerprint density at radius 2 is 1.87 bits per heavy atom. The maximum absolute atomic E-state index is 12.0. The molecule has 1 aliphatic carbocycles. The molecule has 23 heavy (non-hydrogen) atoms. The number of amides is 1. The van der Waals surface area contributed by atoms with Crippen LogP contribution < -0.4 is 15.4 Å². The number of rotatable bonds is 8. The summed E-state index contributed by atoms with van der Waals surface area (Å²) in [7, 11) is 0. The first-order valence-electron chi connectivity index (χ1n) is 8.89. The molecule has 0 spiro atoms. The van der Waals surface area contributed by atoms with Crippen LogP contribution in [0.1, 0.15) is 52.4 Å². The second kappa shape index (κ2) is 9.43. The summed E-state index contributed by atoms with van der Waals surface area (Å²) in [6.07, 6.45) is 7.06. The van der Waals surface area contributed by atoms with Gasteiger partial charge in [-0.1, -0.05) is 33.1 Å². The Labute approximate surface area is 140 Å². The number of hydrogen-bond acceptors (Lipinski definition) is 3. The van der Waals surface area contributed by atoms with Gasteiger partial charge >= 0.3 is 0 Å². The molecule has 0 heterocycles.